The molecule has 0 saturated carbocycles. The molecule has 15 heavy (non-hydrogen) atoms. The van der Waals surface area contributed by atoms with Crippen LogP contribution in [0.3, 0.4) is 0 Å². The number of aromatic nitrogens is 4. The number of nitrogen functional groups attached to an aromatic ring is 1. The highest BCUT2D eigenvalue weighted by molar-refractivity contribution is 7.98. The molecule has 0 aromatic carbocycles. The van der Waals surface area contributed by atoms with Crippen molar-refractivity contribution in [1.82, 2.24) is 19.7 Å². The van der Waals surface area contributed by atoms with E-state index in [-0.39, 0.29) is 0 Å². The lowest BCUT2D eigenvalue weighted by Crippen LogP contribution is -2.04. The Morgan fingerprint density at radius 3 is 2.73 bits per heavy atom. The predicted octanol–water partition coefficient (Wildman–Crippen LogP) is 1.27. The molecule has 6 heteroatoms. The van der Waals surface area contributed by atoms with Gasteiger partial charge in [-0.2, -0.15) is 9.78 Å². The van der Waals surface area contributed by atoms with Gasteiger partial charge in [0.15, 0.2) is 5.82 Å². The van der Waals surface area contributed by atoms with E-state index in [1.807, 2.05) is 25.3 Å². The third-order valence-electron chi connectivity index (χ3n) is 1.93. The molecule has 0 saturated heterocycles. The molecule has 2 N–H and O–H groups in total. The molecular weight excluding hydrogens is 210 g/mol. The second-order valence-corrected chi connectivity index (χ2v) is 3.87. The molecule has 5 nitrogen and oxygen atoms in total. The number of hydrogen-bond donors (Lipinski definition) is 1. The van der Waals surface area contributed by atoms with Crippen LogP contribution < -0.4 is 5.73 Å². The summed E-state index contributed by atoms with van der Waals surface area (Å²) in [7, 11) is 0. The SMILES string of the molecule is CSc1cc(N)n(-c2cc(C)ncn2)n1. The van der Waals surface area contributed by atoms with Crippen LogP contribution in [-0.2, 0) is 0 Å². The van der Waals surface area contributed by atoms with Gasteiger partial charge in [-0.1, -0.05) is 0 Å². The highest BCUT2D eigenvalue weighted by Crippen LogP contribution is 2.18. The van der Waals surface area contributed by atoms with E-state index >= 15 is 0 Å². The van der Waals surface area contributed by atoms with Gasteiger partial charge in [-0.15, -0.1) is 11.8 Å². The van der Waals surface area contributed by atoms with Crippen LogP contribution in [0.15, 0.2) is 23.5 Å². The molecule has 0 spiro atoms. The van der Waals surface area contributed by atoms with Gasteiger partial charge >= 0.3 is 0 Å². The van der Waals surface area contributed by atoms with E-state index in [9.17, 15) is 0 Å². The largest absolute Gasteiger partial charge is 0.383 e. The van der Waals surface area contributed by atoms with Crippen molar-refractivity contribution in [2.45, 2.75) is 11.9 Å². The number of thioether (sulfide) groups is 1. The van der Waals surface area contributed by atoms with Gasteiger partial charge < -0.3 is 5.73 Å². The Morgan fingerprint density at radius 1 is 1.33 bits per heavy atom. The van der Waals surface area contributed by atoms with Gasteiger partial charge in [0.2, 0.25) is 0 Å². The molecule has 0 aliphatic carbocycles. The van der Waals surface area contributed by atoms with E-state index in [2.05, 4.69) is 15.1 Å². The third kappa shape index (κ3) is 1.94. The summed E-state index contributed by atoms with van der Waals surface area (Å²) in [5, 5.41) is 5.18. The summed E-state index contributed by atoms with van der Waals surface area (Å²) < 4.78 is 1.61. The maximum atomic E-state index is 5.83. The molecule has 0 radical (unpaired) electrons. The fourth-order valence-corrected chi connectivity index (χ4v) is 1.61. The predicted molar refractivity (Wildman–Crippen MR) is 60.1 cm³/mol. The molecular formula is C9H11N5S. The van der Waals surface area contributed by atoms with Crippen molar-refractivity contribution in [2.24, 2.45) is 0 Å². The Bertz CT molecular complexity index is 479. The van der Waals surface area contributed by atoms with Gasteiger partial charge in [0.05, 0.1) is 0 Å². The first-order valence-corrected chi connectivity index (χ1v) is 5.61. The molecule has 2 rings (SSSR count). The summed E-state index contributed by atoms with van der Waals surface area (Å²) in [6, 6.07) is 3.66. The Balaban J connectivity index is 2.48. The van der Waals surface area contributed by atoms with Crippen LogP contribution in [0.1, 0.15) is 5.69 Å². The summed E-state index contributed by atoms with van der Waals surface area (Å²) >= 11 is 1.55. The summed E-state index contributed by atoms with van der Waals surface area (Å²) in [5.74, 6) is 1.28. The van der Waals surface area contributed by atoms with Crippen LogP contribution in [0.2, 0.25) is 0 Å². The van der Waals surface area contributed by atoms with Crippen molar-refractivity contribution >= 4 is 17.6 Å². The zero-order valence-corrected chi connectivity index (χ0v) is 9.32. The molecule has 0 unspecified atom stereocenters. The molecule has 0 amide bonds. The molecule has 0 bridgehead atoms. The minimum absolute atomic E-state index is 0.581. The monoisotopic (exact) mass is 221 g/mol. The maximum absolute atomic E-state index is 5.83. The first-order valence-electron chi connectivity index (χ1n) is 4.39. The van der Waals surface area contributed by atoms with Crippen LogP contribution in [-0.4, -0.2) is 26.0 Å². The van der Waals surface area contributed by atoms with Crippen molar-refractivity contribution in [1.29, 1.82) is 0 Å². The minimum Gasteiger partial charge on any atom is -0.383 e. The average Bonchev–Trinajstić information content (AvgIpc) is 2.60. The Kier molecular flexibility index (Phi) is 2.59. The second kappa shape index (κ2) is 3.90. The van der Waals surface area contributed by atoms with Crippen LogP contribution in [0.4, 0.5) is 5.82 Å². The Labute approximate surface area is 91.7 Å². The number of rotatable bonds is 2. The molecule has 2 heterocycles. The van der Waals surface area contributed by atoms with E-state index in [1.54, 1.807) is 16.4 Å². The van der Waals surface area contributed by atoms with Gasteiger partial charge in [-0.3, -0.25) is 0 Å². The molecule has 0 aliphatic heterocycles. The number of aryl methyl sites for hydroxylation is 1. The first-order chi connectivity index (χ1) is 7.20. The van der Waals surface area contributed by atoms with E-state index in [1.165, 1.54) is 6.33 Å². The van der Waals surface area contributed by atoms with Gasteiger partial charge in [0, 0.05) is 17.8 Å². The van der Waals surface area contributed by atoms with Gasteiger partial charge in [0.25, 0.3) is 0 Å². The van der Waals surface area contributed by atoms with Crippen LogP contribution in [0.25, 0.3) is 5.82 Å². The number of hydrogen-bond acceptors (Lipinski definition) is 5. The standard InChI is InChI=1S/C9H11N5S/c1-6-3-8(12-5-11-6)14-7(10)4-9(13-14)15-2/h3-5H,10H2,1-2H3. The highest BCUT2D eigenvalue weighted by Gasteiger charge is 2.07. The smallest absolute Gasteiger partial charge is 0.159 e. The van der Waals surface area contributed by atoms with E-state index in [4.69, 9.17) is 5.73 Å². The van der Waals surface area contributed by atoms with Crippen LogP contribution >= 0.6 is 11.8 Å². The lowest BCUT2D eigenvalue weighted by molar-refractivity contribution is 0.810. The topological polar surface area (TPSA) is 69.6 Å². The lowest BCUT2D eigenvalue weighted by atomic mass is 10.4. The van der Waals surface area contributed by atoms with Gasteiger partial charge in [0.1, 0.15) is 17.2 Å². The van der Waals surface area contributed by atoms with Crippen LogP contribution in [0, 0.1) is 6.92 Å². The Morgan fingerprint density at radius 2 is 2.13 bits per heavy atom. The maximum Gasteiger partial charge on any atom is 0.159 e. The minimum atomic E-state index is 0.581. The average molecular weight is 221 g/mol. The van der Waals surface area contributed by atoms with Crippen molar-refractivity contribution < 1.29 is 0 Å². The van der Waals surface area contributed by atoms with Crippen LogP contribution in [0.5, 0.6) is 0 Å². The summed E-state index contributed by atoms with van der Waals surface area (Å²) in [6.07, 6.45) is 3.46. The van der Waals surface area contributed by atoms with Crippen molar-refractivity contribution in [3.05, 3.63) is 24.2 Å². The third-order valence-corrected chi connectivity index (χ3v) is 2.55. The fraction of sp³-hybridized carbons (Fsp3) is 0.222. The molecule has 2 aromatic rings. The fourth-order valence-electron chi connectivity index (χ4n) is 1.21. The molecule has 0 fully saturated rings. The van der Waals surface area contributed by atoms with Crippen molar-refractivity contribution in [3.8, 4) is 5.82 Å². The van der Waals surface area contributed by atoms with E-state index in [0.29, 0.717) is 11.6 Å². The zero-order valence-electron chi connectivity index (χ0n) is 8.51. The molecule has 0 aliphatic rings. The highest BCUT2D eigenvalue weighted by atomic mass is 32.2. The molecule has 2 aromatic heterocycles. The van der Waals surface area contributed by atoms with Gasteiger partial charge in [-0.05, 0) is 13.2 Å². The zero-order chi connectivity index (χ0) is 10.8. The number of nitrogens with zero attached hydrogens (tertiary/aromatic N) is 4. The summed E-state index contributed by atoms with van der Waals surface area (Å²) in [4.78, 5) is 8.14. The van der Waals surface area contributed by atoms with Crippen molar-refractivity contribution in [3.63, 3.8) is 0 Å². The Hall–Kier alpha value is -1.56. The summed E-state index contributed by atoms with van der Waals surface area (Å²) in [6.45, 7) is 1.90. The van der Waals surface area contributed by atoms with Gasteiger partial charge in [-0.25, -0.2) is 9.97 Å². The number of nitrogens with two attached hydrogens (primary N) is 1. The quantitative estimate of drug-likeness (QED) is 0.773. The molecule has 78 valence electrons. The van der Waals surface area contributed by atoms with E-state index in [0.717, 1.165) is 10.7 Å². The van der Waals surface area contributed by atoms with Crippen molar-refractivity contribution in [2.75, 3.05) is 12.0 Å². The summed E-state index contributed by atoms with van der Waals surface area (Å²) in [5.41, 5.74) is 6.72. The normalized spacial score (nSPS) is 10.5. The second-order valence-electron chi connectivity index (χ2n) is 3.04. The lowest BCUT2D eigenvalue weighted by Gasteiger charge is -2.02. The first kappa shape index (κ1) is 9.97. The van der Waals surface area contributed by atoms with E-state index < -0.39 is 0 Å². The number of anilines is 1. The molecule has 0 atom stereocenters.